The molecule has 1 aromatic heterocycles. The monoisotopic (exact) mass is 404 g/mol. The Hall–Kier alpha value is -2.94. The third-order valence-corrected chi connectivity index (χ3v) is 4.61. The van der Waals surface area contributed by atoms with Crippen molar-refractivity contribution in [1.82, 2.24) is 20.6 Å². The molecule has 9 heteroatoms. The molecule has 2 amide bonds. The van der Waals surface area contributed by atoms with Crippen LogP contribution in [0, 0.1) is 11.6 Å². The highest BCUT2D eigenvalue weighted by atomic mass is 19.1. The molecule has 1 aromatic carbocycles. The molecule has 0 unspecified atom stereocenters. The molecule has 1 fully saturated rings. The molecule has 0 spiro atoms. The van der Waals surface area contributed by atoms with E-state index in [-0.39, 0.29) is 29.7 Å². The summed E-state index contributed by atoms with van der Waals surface area (Å²) < 4.78 is 33.3. The predicted molar refractivity (Wildman–Crippen MR) is 99.8 cm³/mol. The summed E-state index contributed by atoms with van der Waals surface area (Å²) in [5.74, 6) is -1.90. The first-order valence-electron chi connectivity index (χ1n) is 9.33. The molecule has 0 radical (unpaired) electrons. The molecule has 1 saturated heterocycles. The van der Waals surface area contributed by atoms with Gasteiger partial charge in [0.1, 0.15) is 17.3 Å². The first kappa shape index (κ1) is 20.8. The summed E-state index contributed by atoms with van der Waals surface area (Å²) in [6.45, 7) is 1.74. The smallest absolute Gasteiger partial charge is 0.271 e. The van der Waals surface area contributed by atoms with Crippen LogP contribution in [0.15, 0.2) is 36.8 Å². The molecule has 1 aliphatic rings. The first-order chi connectivity index (χ1) is 13.9. The Kier molecular flexibility index (Phi) is 6.82. The maximum Gasteiger partial charge on any atom is 0.271 e. The third-order valence-electron chi connectivity index (χ3n) is 4.61. The van der Waals surface area contributed by atoms with Crippen LogP contribution in [-0.2, 0) is 9.53 Å². The van der Waals surface area contributed by atoms with Gasteiger partial charge in [0.2, 0.25) is 5.91 Å². The second-order valence-electron chi connectivity index (χ2n) is 6.95. The highest BCUT2D eigenvalue weighted by Crippen LogP contribution is 2.33. The van der Waals surface area contributed by atoms with Crippen LogP contribution in [0.3, 0.4) is 0 Å². The van der Waals surface area contributed by atoms with Crippen LogP contribution in [-0.4, -0.2) is 40.5 Å². The number of hydrogen-bond acceptors (Lipinski definition) is 5. The average molecular weight is 404 g/mol. The zero-order valence-corrected chi connectivity index (χ0v) is 15.9. The Bertz CT molecular complexity index is 846. The molecule has 29 heavy (non-hydrogen) atoms. The van der Waals surface area contributed by atoms with E-state index >= 15 is 0 Å². The molecule has 2 aromatic rings. The largest absolute Gasteiger partial charge is 0.370 e. The Balaban J connectivity index is 1.63. The van der Waals surface area contributed by atoms with E-state index < -0.39 is 17.7 Å². The maximum absolute atomic E-state index is 13.6. The molecular formula is C20H22F2N4O3. The van der Waals surface area contributed by atoms with Gasteiger partial charge < -0.3 is 15.4 Å². The lowest BCUT2D eigenvalue weighted by Gasteiger charge is -2.36. The molecule has 1 aliphatic heterocycles. The zero-order chi connectivity index (χ0) is 20.8. The van der Waals surface area contributed by atoms with Crippen molar-refractivity contribution in [1.29, 1.82) is 0 Å². The molecule has 2 heterocycles. The van der Waals surface area contributed by atoms with Crippen molar-refractivity contribution in [2.45, 2.75) is 44.4 Å². The van der Waals surface area contributed by atoms with E-state index in [1.807, 2.05) is 0 Å². The van der Waals surface area contributed by atoms with Crippen LogP contribution >= 0.6 is 0 Å². The highest BCUT2D eigenvalue weighted by molar-refractivity contribution is 5.91. The number of amides is 2. The molecule has 3 atom stereocenters. The molecular weight excluding hydrogens is 382 g/mol. The second kappa shape index (κ2) is 9.51. The Morgan fingerprint density at radius 1 is 1.17 bits per heavy atom. The van der Waals surface area contributed by atoms with Crippen LogP contribution in [0.25, 0.3) is 0 Å². The fourth-order valence-corrected chi connectivity index (χ4v) is 3.44. The lowest BCUT2D eigenvalue weighted by atomic mass is 9.92. The minimum Gasteiger partial charge on any atom is -0.370 e. The summed E-state index contributed by atoms with van der Waals surface area (Å²) in [4.78, 5) is 31.3. The van der Waals surface area contributed by atoms with Crippen molar-refractivity contribution >= 4 is 11.8 Å². The van der Waals surface area contributed by atoms with Gasteiger partial charge in [0.15, 0.2) is 0 Å². The summed E-state index contributed by atoms with van der Waals surface area (Å²) >= 11 is 0. The highest BCUT2D eigenvalue weighted by Gasteiger charge is 2.31. The summed E-state index contributed by atoms with van der Waals surface area (Å²) in [6.07, 6.45) is 4.82. The number of nitrogens with zero attached hydrogens (tertiary/aromatic N) is 2. The number of carbonyl (C=O) groups excluding carboxylic acids is 2. The Labute approximate surface area is 166 Å². The Morgan fingerprint density at radius 2 is 1.93 bits per heavy atom. The lowest BCUT2D eigenvalue weighted by Crippen LogP contribution is -2.43. The van der Waals surface area contributed by atoms with Crippen molar-refractivity contribution in [2.75, 3.05) is 6.54 Å². The quantitative estimate of drug-likeness (QED) is 0.771. The number of rotatable bonds is 6. The minimum absolute atomic E-state index is 0.184. The normalized spacial score (nSPS) is 21.4. The number of benzene rings is 1. The molecule has 0 saturated carbocycles. The van der Waals surface area contributed by atoms with E-state index in [4.69, 9.17) is 4.74 Å². The standard InChI is InChI=1S/C20H22F2N4O3/c1-12(27)26-16-9-17(2-3-25-20(28)18-11-23-4-5-24-18)29-19(10-16)13-6-14(21)8-15(22)7-13/h4-8,11,16-17,19H,2-3,9-10H2,1H3,(H,25,28)(H,26,27)/t16-,17+,19+/m0/s1. The maximum atomic E-state index is 13.6. The predicted octanol–water partition coefficient (Wildman–Crippen LogP) is 2.30. The SMILES string of the molecule is CC(=O)N[C@H]1C[C@@H](CCNC(=O)c2cnccn2)O[C@@H](c2cc(F)cc(F)c2)C1. The molecule has 3 rings (SSSR count). The molecule has 154 valence electrons. The molecule has 7 nitrogen and oxygen atoms in total. The summed E-state index contributed by atoms with van der Waals surface area (Å²) in [6, 6.07) is 3.07. The van der Waals surface area contributed by atoms with Gasteiger partial charge in [-0.15, -0.1) is 0 Å². The van der Waals surface area contributed by atoms with Crippen LogP contribution in [0.5, 0.6) is 0 Å². The van der Waals surface area contributed by atoms with Crippen molar-refractivity contribution in [3.05, 3.63) is 59.7 Å². The van der Waals surface area contributed by atoms with Crippen LogP contribution in [0.1, 0.15) is 48.3 Å². The van der Waals surface area contributed by atoms with Crippen molar-refractivity contribution in [2.24, 2.45) is 0 Å². The molecule has 0 bridgehead atoms. The summed E-state index contributed by atoms with van der Waals surface area (Å²) in [5.41, 5.74) is 0.590. The summed E-state index contributed by atoms with van der Waals surface area (Å²) in [5, 5.41) is 5.60. The molecule has 2 N–H and O–H groups in total. The number of hydrogen-bond donors (Lipinski definition) is 2. The van der Waals surface area contributed by atoms with Gasteiger partial charge in [0.25, 0.3) is 5.91 Å². The van der Waals surface area contributed by atoms with Gasteiger partial charge in [0.05, 0.1) is 18.4 Å². The summed E-state index contributed by atoms with van der Waals surface area (Å²) in [7, 11) is 0. The van der Waals surface area contributed by atoms with Crippen molar-refractivity contribution < 1.29 is 23.1 Å². The number of carbonyl (C=O) groups is 2. The van der Waals surface area contributed by atoms with Crippen LogP contribution in [0.4, 0.5) is 8.78 Å². The van der Waals surface area contributed by atoms with E-state index in [0.29, 0.717) is 31.4 Å². The van der Waals surface area contributed by atoms with Crippen LogP contribution < -0.4 is 10.6 Å². The number of halogens is 2. The van der Waals surface area contributed by atoms with Gasteiger partial charge in [-0.1, -0.05) is 0 Å². The minimum atomic E-state index is -0.682. The third kappa shape index (κ3) is 6.02. The zero-order valence-electron chi connectivity index (χ0n) is 15.9. The van der Waals surface area contributed by atoms with Gasteiger partial charge in [-0.2, -0.15) is 0 Å². The number of aromatic nitrogens is 2. The van der Waals surface area contributed by atoms with E-state index in [2.05, 4.69) is 20.6 Å². The van der Waals surface area contributed by atoms with Gasteiger partial charge in [0, 0.05) is 38.0 Å². The lowest BCUT2D eigenvalue weighted by molar-refractivity contribution is -0.122. The van der Waals surface area contributed by atoms with Crippen molar-refractivity contribution in [3.8, 4) is 0 Å². The first-order valence-corrected chi connectivity index (χ1v) is 9.33. The van der Waals surface area contributed by atoms with Crippen LogP contribution in [0.2, 0.25) is 0 Å². The Morgan fingerprint density at radius 3 is 2.59 bits per heavy atom. The van der Waals surface area contributed by atoms with E-state index in [1.54, 1.807) is 0 Å². The number of ether oxygens (including phenoxy) is 1. The van der Waals surface area contributed by atoms with E-state index in [0.717, 1.165) is 6.07 Å². The van der Waals surface area contributed by atoms with Gasteiger partial charge in [-0.25, -0.2) is 13.8 Å². The van der Waals surface area contributed by atoms with E-state index in [1.165, 1.54) is 37.6 Å². The topological polar surface area (TPSA) is 93.2 Å². The van der Waals surface area contributed by atoms with E-state index in [9.17, 15) is 18.4 Å². The second-order valence-corrected chi connectivity index (χ2v) is 6.95. The average Bonchev–Trinajstić information content (AvgIpc) is 2.67. The van der Waals surface area contributed by atoms with Gasteiger partial charge in [-0.05, 0) is 37.0 Å². The number of nitrogens with one attached hydrogen (secondary N) is 2. The van der Waals surface area contributed by atoms with Gasteiger partial charge >= 0.3 is 0 Å². The fourth-order valence-electron chi connectivity index (χ4n) is 3.44. The molecule has 0 aliphatic carbocycles. The fraction of sp³-hybridized carbons (Fsp3) is 0.400. The van der Waals surface area contributed by atoms with Crippen molar-refractivity contribution in [3.63, 3.8) is 0 Å². The van der Waals surface area contributed by atoms with Gasteiger partial charge in [-0.3, -0.25) is 14.6 Å².